The molecule has 0 fully saturated rings. The van der Waals surface area contributed by atoms with Gasteiger partial charge in [-0.25, -0.2) is 0 Å². The van der Waals surface area contributed by atoms with Gasteiger partial charge in [0.2, 0.25) is 0 Å². The molecule has 0 spiro atoms. The fraction of sp³-hybridized carbons (Fsp3) is 0. The van der Waals surface area contributed by atoms with Gasteiger partial charge < -0.3 is 4.42 Å². The lowest BCUT2D eigenvalue weighted by molar-refractivity contribution is 0.669. The Bertz CT molecular complexity index is 2760. The first kappa shape index (κ1) is 26.1. The molecule has 0 atom stereocenters. The van der Waals surface area contributed by atoms with E-state index in [-0.39, 0.29) is 0 Å². The van der Waals surface area contributed by atoms with Gasteiger partial charge in [0.1, 0.15) is 11.2 Å². The summed E-state index contributed by atoms with van der Waals surface area (Å²) in [7, 11) is 0. The zero-order chi connectivity index (χ0) is 30.9. The van der Waals surface area contributed by atoms with E-state index in [1.54, 1.807) is 0 Å². The quantitative estimate of drug-likeness (QED) is 0.185. The lowest BCUT2D eigenvalue weighted by Crippen LogP contribution is -1.92. The number of furan rings is 1. The van der Waals surface area contributed by atoms with E-state index in [0.717, 1.165) is 11.2 Å². The van der Waals surface area contributed by atoms with Crippen LogP contribution in [0.1, 0.15) is 0 Å². The van der Waals surface area contributed by atoms with Crippen LogP contribution in [0.4, 0.5) is 0 Å². The number of benzene rings is 9. The van der Waals surface area contributed by atoms with Crippen molar-refractivity contribution in [2.45, 2.75) is 0 Å². The molecule has 0 unspecified atom stereocenters. The molecule has 9 aromatic carbocycles. The molecule has 0 aliphatic heterocycles. The number of hydrogen-bond donors (Lipinski definition) is 0. The molecule has 0 saturated heterocycles. The van der Waals surface area contributed by atoms with Crippen LogP contribution in [-0.4, -0.2) is 0 Å². The van der Waals surface area contributed by atoms with Crippen molar-refractivity contribution >= 4 is 65.0 Å². The third kappa shape index (κ3) is 3.90. The lowest BCUT2D eigenvalue weighted by Gasteiger charge is -2.19. The van der Waals surface area contributed by atoms with Gasteiger partial charge in [0.05, 0.1) is 0 Å². The van der Waals surface area contributed by atoms with Crippen LogP contribution in [-0.2, 0) is 0 Å². The number of hydrogen-bond acceptors (Lipinski definition) is 1. The van der Waals surface area contributed by atoms with Crippen LogP contribution in [0.5, 0.6) is 0 Å². The summed E-state index contributed by atoms with van der Waals surface area (Å²) in [6.07, 6.45) is 0. The highest BCUT2D eigenvalue weighted by atomic mass is 16.3. The van der Waals surface area contributed by atoms with Crippen molar-refractivity contribution in [3.63, 3.8) is 0 Å². The van der Waals surface area contributed by atoms with Crippen LogP contribution < -0.4 is 0 Å². The second kappa shape index (κ2) is 10.2. The molecule has 0 saturated carbocycles. The van der Waals surface area contributed by atoms with Gasteiger partial charge >= 0.3 is 0 Å². The maximum atomic E-state index is 6.70. The summed E-state index contributed by atoms with van der Waals surface area (Å²) in [6, 6.07) is 61.4. The van der Waals surface area contributed by atoms with Crippen LogP contribution in [0.25, 0.3) is 98.4 Å². The Morgan fingerprint density at radius 3 is 1.47 bits per heavy atom. The highest BCUT2D eigenvalue weighted by molar-refractivity contribution is 6.31. The van der Waals surface area contributed by atoms with E-state index >= 15 is 0 Å². The van der Waals surface area contributed by atoms with Gasteiger partial charge in [0.15, 0.2) is 0 Å². The molecule has 47 heavy (non-hydrogen) atoms. The molecule has 0 N–H and O–H groups in total. The summed E-state index contributed by atoms with van der Waals surface area (Å²) in [4.78, 5) is 0. The largest absolute Gasteiger partial charge is 0.456 e. The first-order valence-electron chi connectivity index (χ1n) is 16.2. The molecule has 218 valence electrons. The molecular formula is C46H28O. The first-order valence-corrected chi connectivity index (χ1v) is 16.2. The van der Waals surface area contributed by atoms with Gasteiger partial charge in [-0.1, -0.05) is 158 Å². The van der Waals surface area contributed by atoms with Crippen molar-refractivity contribution in [2.75, 3.05) is 0 Å². The Hall–Kier alpha value is -6.18. The summed E-state index contributed by atoms with van der Waals surface area (Å²) in [5, 5.41) is 12.2. The molecule has 1 heterocycles. The van der Waals surface area contributed by atoms with E-state index < -0.39 is 0 Å². The molecule has 10 aromatic rings. The van der Waals surface area contributed by atoms with Gasteiger partial charge in [-0.2, -0.15) is 0 Å². The molecule has 1 aromatic heterocycles. The topological polar surface area (TPSA) is 13.1 Å². The van der Waals surface area contributed by atoms with Crippen LogP contribution >= 0.6 is 0 Å². The monoisotopic (exact) mass is 596 g/mol. The minimum Gasteiger partial charge on any atom is -0.456 e. The normalized spacial score (nSPS) is 11.8. The molecule has 0 amide bonds. The summed E-state index contributed by atoms with van der Waals surface area (Å²) in [5.41, 5.74) is 9.19. The molecule has 10 rings (SSSR count). The van der Waals surface area contributed by atoms with Crippen LogP contribution in [0.3, 0.4) is 0 Å². The summed E-state index contributed by atoms with van der Waals surface area (Å²) >= 11 is 0. The third-order valence-electron chi connectivity index (χ3n) is 9.85. The van der Waals surface area contributed by atoms with Crippen LogP contribution in [0.2, 0.25) is 0 Å². The van der Waals surface area contributed by atoms with Crippen LogP contribution in [0, 0.1) is 0 Å². The van der Waals surface area contributed by atoms with E-state index in [1.165, 1.54) is 87.2 Å². The van der Waals surface area contributed by atoms with Crippen molar-refractivity contribution in [1.82, 2.24) is 0 Å². The molecule has 1 heteroatoms. The van der Waals surface area contributed by atoms with Gasteiger partial charge in [0, 0.05) is 10.8 Å². The second-order valence-corrected chi connectivity index (χ2v) is 12.4. The first-order chi connectivity index (χ1) is 23.3. The van der Waals surface area contributed by atoms with Gasteiger partial charge in [-0.05, 0) is 88.6 Å². The Balaban J connectivity index is 1.29. The van der Waals surface area contributed by atoms with E-state index in [2.05, 4.69) is 170 Å². The average Bonchev–Trinajstić information content (AvgIpc) is 3.53. The minimum atomic E-state index is 0.916. The maximum Gasteiger partial charge on any atom is 0.136 e. The van der Waals surface area contributed by atoms with E-state index in [4.69, 9.17) is 4.42 Å². The lowest BCUT2D eigenvalue weighted by atomic mass is 9.84. The number of fused-ring (bicyclic) bond motifs is 9. The van der Waals surface area contributed by atoms with Crippen molar-refractivity contribution < 1.29 is 4.42 Å². The fourth-order valence-electron chi connectivity index (χ4n) is 7.80. The predicted octanol–water partition coefficient (Wildman–Crippen LogP) is 13.2. The molecule has 1 nitrogen and oxygen atoms in total. The standard InChI is InChI=1S/C46H28O/c1-2-12-29(13-3-1)30-22-24-32(25-23-30)43-36-18-8-10-20-38(36)44(39-21-11-9-19-37(39)43)40-28-42-46(35-17-7-6-16-34(35)40)45-33-15-5-4-14-31(33)26-27-41(45)47-42/h1-28H. The zero-order valence-electron chi connectivity index (χ0n) is 25.6. The second-order valence-electron chi connectivity index (χ2n) is 12.4. The van der Waals surface area contributed by atoms with E-state index in [1.807, 2.05) is 0 Å². The van der Waals surface area contributed by atoms with Gasteiger partial charge in [0.25, 0.3) is 0 Å². The number of rotatable bonds is 3. The Morgan fingerprint density at radius 1 is 0.298 bits per heavy atom. The molecule has 0 aliphatic carbocycles. The molecular weight excluding hydrogens is 569 g/mol. The third-order valence-corrected chi connectivity index (χ3v) is 9.85. The SMILES string of the molecule is c1ccc(-c2ccc(-c3c4ccccc4c(-c4cc5oc6ccc7ccccc7c6c5c5ccccc45)c4ccccc34)cc2)cc1. The Labute approximate surface area is 271 Å². The summed E-state index contributed by atoms with van der Waals surface area (Å²) in [6.45, 7) is 0. The van der Waals surface area contributed by atoms with Crippen molar-refractivity contribution in [2.24, 2.45) is 0 Å². The predicted molar refractivity (Wildman–Crippen MR) is 200 cm³/mol. The van der Waals surface area contributed by atoms with Crippen molar-refractivity contribution in [3.8, 4) is 33.4 Å². The zero-order valence-corrected chi connectivity index (χ0v) is 25.6. The van der Waals surface area contributed by atoms with E-state index in [9.17, 15) is 0 Å². The Morgan fingerprint density at radius 2 is 0.787 bits per heavy atom. The van der Waals surface area contributed by atoms with Gasteiger partial charge in [-0.3, -0.25) is 0 Å². The average molecular weight is 597 g/mol. The van der Waals surface area contributed by atoms with Gasteiger partial charge in [-0.15, -0.1) is 0 Å². The summed E-state index contributed by atoms with van der Waals surface area (Å²) in [5.74, 6) is 0. The smallest absolute Gasteiger partial charge is 0.136 e. The maximum absolute atomic E-state index is 6.70. The van der Waals surface area contributed by atoms with E-state index in [0.29, 0.717) is 0 Å². The highest BCUT2D eigenvalue weighted by Crippen LogP contribution is 2.48. The Kier molecular flexibility index (Phi) is 5.64. The highest BCUT2D eigenvalue weighted by Gasteiger charge is 2.21. The van der Waals surface area contributed by atoms with Crippen molar-refractivity contribution in [3.05, 3.63) is 170 Å². The van der Waals surface area contributed by atoms with Crippen LogP contribution in [0.15, 0.2) is 174 Å². The molecule has 0 aliphatic rings. The summed E-state index contributed by atoms with van der Waals surface area (Å²) < 4.78 is 6.70. The minimum absolute atomic E-state index is 0.916. The molecule has 0 radical (unpaired) electrons. The fourth-order valence-corrected chi connectivity index (χ4v) is 7.80. The molecule has 0 bridgehead atoms. The van der Waals surface area contributed by atoms with Crippen molar-refractivity contribution in [1.29, 1.82) is 0 Å².